The Morgan fingerprint density at radius 1 is 1.25 bits per heavy atom. The highest BCUT2D eigenvalue weighted by atomic mass is 79.9. The molecular formula is C12H13BrF3N3O. The minimum atomic E-state index is -4.19. The number of carbonyl (C=O) groups excluding carboxylic acids is 1. The van der Waals surface area contributed by atoms with E-state index in [1.165, 1.54) is 16.0 Å². The normalized spacial score (nSPS) is 17.3. The van der Waals surface area contributed by atoms with Gasteiger partial charge < -0.3 is 4.90 Å². The van der Waals surface area contributed by atoms with E-state index < -0.39 is 12.7 Å². The quantitative estimate of drug-likeness (QED) is 0.819. The van der Waals surface area contributed by atoms with Gasteiger partial charge in [-0.25, -0.2) is 4.98 Å². The van der Waals surface area contributed by atoms with Crippen molar-refractivity contribution in [1.29, 1.82) is 0 Å². The predicted molar refractivity (Wildman–Crippen MR) is 70.3 cm³/mol. The molecule has 0 aliphatic carbocycles. The van der Waals surface area contributed by atoms with Crippen LogP contribution in [0.15, 0.2) is 22.8 Å². The summed E-state index contributed by atoms with van der Waals surface area (Å²) in [4.78, 5) is 18.9. The van der Waals surface area contributed by atoms with E-state index in [9.17, 15) is 18.0 Å². The Bertz CT molecular complexity index is 470. The van der Waals surface area contributed by atoms with Crippen molar-refractivity contribution in [2.75, 3.05) is 32.7 Å². The molecule has 4 nitrogen and oxygen atoms in total. The topological polar surface area (TPSA) is 36.4 Å². The third-order valence-corrected chi connectivity index (χ3v) is 3.48. The molecule has 1 aromatic heterocycles. The van der Waals surface area contributed by atoms with E-state index >= 15 is 0 Å². The molecule has 2 rings (SSSR count). The van der Waals surface area contributed by atoms with Crippen LogP contribution in [0.1, 0.15) is 10.5 Å². The fourth-order valence-electron chi connectivity index (χ4n) is 2.03. The number of pyridine rings is 1. The van der Waals surface area contributed by atoms with Gasteiger partial charge in [0, 0.05) is 36.8 Å². The molecule has 2 heterocycles. The summed E-state index contributed by atoms with van der Waals surface area (Å²) in [5.74, 6) is -0.246. The van der Waals surface area contributed by atoms with Gasteiger partial charge in [0.05, 0.1) is 6.54 Å². The van der Waals surface area contributed by atoms with Crippen LogP contribution in [-0.4, -0.2) is 59.6 Å². The SMILES string of the molecule is O=C(c1ccc(Br)cn1)N1CCN(CC(F)(F)F)CC1. The number of piperazine rings is 1. The van der Waals surface area contributed by atoms with E-state index in [2.05, 4.69) is 20.9 Å². The van der Waals surface area contributed by atoms with Crippen molar-refractivity contribution in [2.24, 2.45) is 0 Å². The first kappa shape index (κ1) is 15.2. The summed E-state index contributed by atoms with van der Waals surface area (Å²) in [6, 6.07) is 3.30. The molecular weight excluding hydrogens is 339 g/mol. The van der Waals surface area contributed by atoms with Gasteiger partial charge in [-0.15, -0.1) is 0 Å². The number of carbonyl (C=O) groups is 1. The van der Waals surface area contributed by atoms with Gasteiger partial charge in [-0.05, 0) is 28.1 Å². The Hall–Kier alpha value is -1.15. The first-order valence-electron chi connectivity index (χ1n) is 6.05. The summed E-state index contributed by atoms with van der Waals surface area (Å²) in [5.41, 5.74) is 0.303. The third kappa shape index (κ3) is 4.17. The number of hydrogen-bond acceptors (Lipinski definition) is 3. The van der Waals surface area contributed by atoms with E-state index in [1.54, 1.807) is 12.1 Å². The van der Waals surface area contributed by atoms with Crippen molar-refractivity contribution in [3.8, 4) is 0 Å². The van der Waals surface area contributed by atoms with Crippen molar-refractivity contribution in [1.82, 2.24) is 14.8 Å². The molecule has 1 aliphatic rings. The lowest BCUT2D eigenvalue weighted by Crippen LogP contribution is -2.51. The molecule has 1 saturated heterocycles. The second-order valence-electron chi connectivity index (χ2n) is 4.55. The Kier molecular flexibility index (Phi) is 4.64. The van der Waals surface area contributed by atoms with Crippen molar-refractivity contribution < 1.29 is 18.0 Å². The molecule has 0 aromatic carbocycles. The largest absolute Gasteiger partial charge is 0.401 e. The number of halogens is 4. The van der Waals surface area contributed by atoms with Crippen LogP contribution in [0.25, 0.3) is 0 Å². The van der Waals surface area contributed by atoms with E-state index in [-0.39, 0.29) is 32.1 Å². The number of hydrogen-bond donors (Lipinski definition) is 0. The molecule has 1 aliphatic heterocycles. The number of amides is 1. The lowest BCUT2D eigenvalue weighted by Gasteiger charge is -2.34. The zero-order valence-electron chi connectivity index (χ0n) is 10.5. The second-order valence-corrected chi connectivity index (χ2v) is 5.46. The standard InChI is InChI=1S/C12H13BrF3N3O/c13-9-1-2-10(17-7-9)11(20)19-5-3-18(4-6-19)8-12(14,15)16/h1-2,7H,3-6,8H2. The molecule has 0 N–H and O–H groups in total. The Labute approximate surface area is 122 Å². The van der Waals surface area contributed by atoms with Crippen molar-refractivity contribution in [3.05, 3.63) is 28.5 Å². The van der Waals surface area contributed by atoms with Gasteiger partial charge in [0.2, 0.25) is 0 Å². The maximum Gasteiger partial charge on any atom is 0.401 e. The van der Waals surface area contributed by atoms with Gasteiger partial charge in [0.1, 0.15) is 5.69 Å². The van der Waals surface area contributed by atoms with Gasteiger partial charge in [-0.2, -0.15) is 13.2 Å². The van der Waals surface area contributed by atoms with E-state index in [0.717, 1.165) is 4.47 Å². The minimum Gasteiger partial charge on any atom is -0.335 e. The third-order valence-electron chi connectivity index (χ3n) is 3.01. The van der Waals surface area contributed by atoms with Gasteiger partial charge in [0.25, 0.3) is 5.91 Å². The van der Waals surface area contributed by atoms with Crippen LogP contribution < -0.4 is 0 Å². The number of aromatic nitrogens is 1. The summed E-state index contributed by atoms with van der Waals surface area (Å²) in [6.45, 7) is 0.0917. The molecule has 0 spiro atoms. The smallest absolute Gasteiger partial charge is 0.335 e. The molecule has 1 aromatic rings. The Morgan fingerprint density at radius 3 is 2.40 bits per heavy atom. The molecule has 20 heavy (non-hydrogen) atoms. The molecule has 0 radical (unpaired) electrons. The van der Waals surface area contributed by atoms with Crippen molar-refractivity contribution in [3.63, 3.8) is 0 Å². The molecule has 0 saturated carbocycles. The Balaban J connectivity index is 1.90. The zero-order chi connectivity index (χ0) is 14.8. The summed E-state index contributed by atoms with van der Waals surface area (Å²) >= 11 is 3.23. The van der Waals surface area contributed by atoms with Crippen LogP contribution in [0.3, 0.4) is 0 Å². The Morgan fingerprint density at radius 2 is 1.90 bits per heavy atom. The van der Waals surface area contributed by atoms with E-state index in [0.29, 0.717) is 5.69 Å². The lowest BCUT2D eigenvalue weighted by atomic mass is 10.2. The second kappa shape index (κ2) is 6.09. The maximum atomic E-state index is 12.3. The van der Waals surface area contributed by atoms with Gasteiger partial charge in [0.15, 0.2) is 0 Å². The molecule has 0 bridgehead atoms. The minimum absolute atomic E-state index is 0.224. The molecule has 110 valence electrons. The van der Waals surface area contributed by atoms with Gasteiger partial charge in [-0.3, -0.25) is 9.69 Å². The number of rotatable bonds is 2. The van der Waals surface area contributed by atoms with Crippen molar-refractivity contribution >= 4 is 21.8 Å². The van der Waals surface area contributed by atoms with Crippen LogP contribution in [0, 0.1) is 0 Å². The maximum absolute atomic E-state index is 12.3. The molecule has 1 fully saturated rings. The predicted octanol–water partition coefficient (Wildman–Crippen LogP) is 2.16. The highest BCUT2D eigenvalue weighted by Crippen LogP contribution is 2.18. The monoisotopic (exact) mass is 351 g/mol. The zero-order valence-corrected chi connectivity index (χ0v) is 12.1. The first-order valence-corrected chi connectivity index (χ1v) is 6.84. The first-order chi connectivity index (χ1) is 9.35. The molecule has 0 unspecified atom stereocenters. The summed E-state index contributed by atoms with van der Waals surface area (Å²) in [6.07, 6.45) is -2.67. The van der Waals surface area contributed by atoms with Crippen LogP contribution in [0.2, 0.25) is 0 Å². The van der Waals surface area contributed by atoms with Crippen LogP contribution >= 0.6 is 15.9 Å². The highest BCUT2D eigenvalue weighted by molar-refractivity contribution is 9.10. The summed E-state index contributed by atoms with van der Waals surface area (Å²) in [5, 5.41) is 0. The number of alkyl halides is 3. The van der Waals surface area contributed by atoms with Gasteiger partial charge >= 0.3 is 6.18 Å². The van der Waals surface area contributed by atoms with Crippen LogP contribution in [0.4, 0.5) is 13.2 Å². The van der Waals surface area contributed by atoms with E-state index in [4.69, 9.17) is 0 Å². The van der Waals surface area contributed by atoms with Gasteiger partial charge in [-0.1, -0.05) is 0 Å². The molecule has 1 amide bonds. The highest BCUT2D eigenvalue weighted by Gasteiger charge is 2.33. The van der Waals surface area contributed by atoms with E-state index in [1.807, 2.05) is 0 Å². The van der Waals surface area contributed by atoms with Crippen molar-refractivity contribution in [2.45, 2.75) is 6.18 Å². The molecule has 0 atom stereocenters. The summed E-state index contributed by atoms with van der Waals surface area (Å²) < 4.78 is 37.6. The average Bonchev–Trinajstić information content (AvgIpc) is 2.38. The van der Waals surface area contributed by atoms with Crippen LogP contribution in [-0.2, 0) is 0 Å². The molecule has 8 heteroatoms. The lowest BCUT2D eigenvalue weighted by molar-refractivity contribution is -0.148. The summed E-state index contributed by atoms with van der Waals surface area (Å²) in [7, 11) is 0. The fourth-order valence-corrected chi connectivity index (χ4v) is 2.26. The average molecular weight is 352 g/mol. The fraction of sp³-hybridized carbons (Fsp3) is 0.500. The number of nitrogens with zero attached hydrogens (tertiary/aromatic N) is 3. The van der Waals surface area contributed by atoms with Crippen LogP contribution in [0.5, 0.6) is 0 Å².